The van der Waals surface area contributed by atoms with E-state index < -0.39 is 11.9 Å². The zero-order chi connectivity index (χ0) is 15.2. The smallest absolute Gasteiger partial charge is 0.313 e. The van der Waals surface area contributed by atoms with E-state index in [1.807, 2.05) is 30.3 Å². The summed E-state index contributed by atoms with van der Waals surface area (Å²) in [5, 5.41) is 3.97. The maximum absolute atomic E-state index is 11.6. The molecule has 1 aromatic carbocycles. The highest BCUT2D eigenvalue weighted by atomic mass is 16.5. The van der Waals surface area contributed by atoms with E-state index in [2.05, 4.69) is 14.6 Å². The molecule has 0 aliphatic carbocycles. The third-order valence-electron chi connectivity index (χ3n) is 3.00. The van der Waals surface area contributed by atoms with E-state index in [0.29, 0.717) is 17.0 Å². The van der Waals surface area contributed by atoms with Crippen molar-refractivity contribution in [3.63, 3.8) is 0 Å². The Labute approximate surface area is 121 Å². The van der Waals surface area contributed by atoms with Crippen molar-refractivity contribution in [2.45, 2.75) is 12.8 Å². The minimum atomic E-state index is -0.461. The van der Waals surface area contributed by atoms with E-state index in [4.69, 9.17) is 4.52 Å². The summed E-state index contributed by atoms with van der Waals surface area (Å²) in [7, 11) is 2.59. The predicted molar refractivity (Wildman–Crippen MR) is 73.4 cm³/mol. The Bertz CT molecular complexity index is 633. The maximum Gasteiger partial charge on any atom is 0.313 e. The van der Waals surface area contributed by atoms with Crippen LogP contribution in [0.25, 0.3) is 11.3 Å². The molecule has 0 amide bonds. The van der Waals surface area contributed by atoms with Gasteiger partial charge in [0.1, 0.15) is 12.1 Å². The van der Waals surface area contributed by atoms with Gasteiger partial charge in [-0.25, -0.2) is 0 Å². The third kappa shape index (κ3) is 3.47. The largest absolute Gasteiger partial charge is 0.469 e. The van der Waals surface area contributed by atoms with E-state index in [9.17, 15) is 9.59 Å². The van der Waals surface area contributed by atoms with E-state index in [0.717, 1.165) is 5.56 Å². The molecule has 1 aromatic heterocycles. The summed E-state index contributed by atoms with van der Waals surface area (Å²) in [6, 6.07) is 9.28. The Balaban J connectivity index is 2.40. The molecule has 0 unspecified atom stereocenters. The summed E-state index contributed by atoms with van der Waals surface area (Å²) in [6.07, 6.45) is -0.0980. The van der Waals surface area contributed by atoms with Gasteiger partial charge < -0.3 is 14.0 Å². The van der Waals surface area contributed by atoms with Crippen LogP contribution in [0, 0.1) is 0 Å². The van der Waals surface area contributed by atoms with E-state index >= 15 is 0 Å². The summed E-state index contributed by atoms with van der Waals surface area (Å²) in [5.41, 5.74) is 1.87. The average Bonchev–Trinajstić information content (AvgIpc) is 2.90. The number of carbonyl (C=O) groups excluding carboxylic acids is 2. The highest BCUT2D eigenvalue weighted by molar-refractivity contribution is 5.79. The first kappa shape index (κ1) is 14.8. The van der Waals surface area contributed by atoms with Crippen molar-refractivity contribution in [3.8, 4) is 11.3 Å². The van der Waals surface area contributed by atoms with Crippen molar-refractivity contribution in [2.75, 3.05) is 14.2 Å². The van der Waals surface area contributed by atoms with Gasteiger partial charge in [0.25, 0.3) is 0 Å². The third-order valence-corrected chi connectivity index (χ3v) is 3.00. The van der Waals surface area contributed by atoms with Gasteiger partial charge in [-0.3, -0.25) is 9.59 Å². The van der Waals surface area contributed by atoms with Gasteiger partial charge >= 0.3 is 11.9 Å². The first-order valence-corrected chi connectivity index (χ1v) is 6.32. The second-order valence-electron chi connectivity index (χ2n) is 4.30. The molecule has 0 spiro atoms. The Morgan fingerprint density at radius 2 is 1.67 bits per heavy atom. The molecule has 0 saturated heterocycles. The lowest BCUT2D eigenvalue weighted by Crippen LogP contribution is -2.10. The van der Waals surface area contributed by atoms with Crippen LogP contribution in [0.4, 0.5) is 0 Å². The topological polar surface area (TPSA) is 78.6 Å². The summed E-state index contributed by atoms with van der Waals surface area (Å²) in [5.74, 6) is -0.579. The number of nitrogens with zero attached hydrogens (tertiary/aromatic N) is 1. The summed E-state index contributed by atoms with van der Waals surface area (Å²) in [6.45, 7) is 0. The van der Waals surface area contributed by atoms with Gasteiger partial charge in [0.2, 0.25) is 0 Å². The lowest BCUT2D eigenvalue weighted by Gasteiger charge is -2.03. The second kappa shape index (κ2) is 6.69. The SMILES string of the molecule is COC(=O)Cc1onc(-c2ccccc2)c1CC(=O)OC. The van der Waals surface area contributed by atoms with Crippen LogP contribution in [0.5, 0.6) is 0 Å². The molecule has 2 aromatic rings. The van der Waals surface area contributed by atoms with Crippen LogP contribution in [0.2, 0.25) is 0 Å². The molecular weight excluding hydrogens is 274 g/mol. The Kier molecular flexibility index (Phi) is 4.71. The zero-order valence-electron chi connectivity index (χ0n) is 11.8. The fourth-order valence-electron chi connectivity index (χ4n) is 1.91. The predicted octanol–water partition coefficient (Wildman–Crippen LogP) is 1.77. The molecule has 110 valence electrons. The monoisotopic (exact) mass is 289 g/mol. The zero-order valence-corrected chi connectivity index (χ0v) is 11.8. The molecule has 0 N–H and O–H groups in total. The van der Waals surface area contributed by atoms with Crippen LogP contribution >= 0.6 is 0 Å². The van der Waals surface area contributed by atoms with Crippen LogP contribution in [-0.4, -0.2) is 31.3 Å². The lowest BCUT2D eigenvalue weighted by molar-refractivity contribution is -0.141. The van der Waals surface area contributed by atoms with Crippen molar-refractivity contribution in [2.24, 2.45) is 0 Å². The second-order valence-corrected chi connectivity index (χ2v) is 4.30. The van der Waals surface area contributed by atoms with Crippen LogP contribution in [0.3, 0.4) is 0 Å². The number of benzene rings is 1. The first-order valence-electron chi connectivity index (χ1n) is 6.32. The normalized spacial score (nSPS) is 10.2. The van der Waals surface area contributed by atoms with Gasteiger partial charge in [-0.15, -0.1) is 0 Å². The molecule has 21 heavy (non-hydrogen) atoms. The number of methoxy groups -OCH3 is 2. The molecule has 0 aliphatic rings. The van der Waals surface area contributed by atoms with Crippen LogP contribution in [-0.2, 0) is 31.9 Å². The highest BCUT2D eigenvalue weighted by Crippen LogP contribution is 2.26. The molecule has 1 heterocycles. The first-order chi connectivity index (χ1) is 10.2. The van der Waals surface area contributed by atoms with Crippen molar-refractivity contribution in [1.29, 1.82) is 0 Å². The van der Waals surface area contributed by atoms with Crippen LogP contribution < -0.4 is 0 Å². The summed E-state index contributed by atoms with van der Waals surface area (Å²) in [4.78, 5) is 23.0. The molecule has 0 radical (unpaired) electrons. The molecular formula is C15H15NO5. The van der Waals surface area contributed by atoms with Crippen molar-refractivity contribution >= 4 is 11.9 Å². The maximum atomic E-state index is 11.6. The Hall–Kier alpha value is -2.63. The minimum absolute atomic E-state index is 0.0173. The summed E-state index contributed by atoms with van der Waals surface area (Å²) >= 11 is 0. The molecule has 0 atom stereocenters. The van der Waals surface area contributed by atoms with Crippen LogP contribution in [0.1, 0.15) is 11.3 Å². The molecule has 0 fully saturated rings. The number of esters is 2. The van der Waals surface area contributed by atoms with Crippen molar-refractivity contribution < 1.29 is 23.6 Å². The molecule has 6 nitrogen and oxygen atoms in total. The average molecular weight is 289 g/mol. The van der Waals surface area contributed by atoms with Gasteiger partial charge in [-0.05, 0) is 0 Å². The Morgan fingerprint density at radius 3 is 2.29 bits per heavy atom. The lowest BCUT2D eigenvalue weighted by atomic mass is 10.0. The molecule has 0 aliphatic heterocycles. The van der Waals surface area contributed by atoms with Crippen molar-refractivity contribution in [1.82, 2.24) is 5.16 Å². The molecule has 6 heteroatoms. The van der Waals surface area contributed by atoms with Gasteiger partial charge in [0.15, 0.2) is 5.76 Å². The fourth-order valence-corrected chi connectivity index (χ4v) is 1.91. The van der Waals surface area contributed by atoms with Gasteiger partial charge in [-0.2, -0.15) is 0 Å². The number of ether oxygens (including phenoxy) is 2. The number of carbonyl (C=O) groups is 2. The minimum Gasteiger partial charge on any atom is -0.469 e. The molecule has 0 saturated carbocycles. The van der Waals surface area contributed by atoms with E-state index in [1.54, 1.807) is 0 Å². The van der Waals surface area contributed by atoms with Crippen molar-refractivity contribution in [3.05, 3.63) is 41.7 Å². The molecule has 0 bridgehead atoms. The van der Waals surface area contributed by atoms with Gasteiger partial charge in [0.05, 0.1) is 20.6 Å². The molecule has 2 rings (SSSR count). The van der Waals surface area contributed by atoms with Crippen LogP contribution in [0.15, 0.2) is 34.9 Å². The van der Waals surface area contributed by atoms with E-state index in [-0.39, 0.29) is 12.8 Å². The van der Waals surface area contributed by atoms with Gasteiger partial charge in [-0.1, -0.05) is 35.5 Å². The van der Waals surface area contributed by atoms with E-state index in [1.165, 1.54) is 14.2 Å². The number of rotatable bonds is 5. The standard InChI is InChI=1S/C15H15NO5/c1-19-13(17)8-11-12(9-14(18)20-2)21-16-15(11)10-6-4-3-5-7-10/h3-7H,8-9H2,1-2H3. The Morgan fingerprint density at radius 1 is 1.05 bits per heavy atom. The quantitative estimate of drug-likeness (QED) is 0.781. The highest BCUT2D eigenvalue weighted by Gasteiger charge is 2.22. The fraction of sp³-hybridized carbons (Fsp3) is 0.267. The number of hydrogen-bond acceptors (Lipinski definition) is 6. The number of aromatic nitrogens is 1. The van der Waals surface area contributed by atoms with Gasteiger partial charge in [0, 0.05) is 11.1 Å². The summed E-state index contributed by atoms with van der Waals surface area (Å²) < 4.78 is 14.5. The number of hydrogen-bond donors (Lipinski definition) is 0.